The van der Waals surface area contributed by atoms with Gasteiger partial charge in [-0.25, -0.2) is 5.87 Å². The van der Waals surface area contributed by atoms with Crippen molar-refractivity contribution in [1.29, 1.82) is 5.26 Å². The Morgan fingerprint density at radius 3 is 2.13 bits per heavy atom. The molecule has 0 amide bonds. The molecule has 1 aromatic heterocycles. The highest BCUT2D eigenvalue weighted by Crippen LogP contribution is 2.29. The number of rotatable bonds is 2. The van der Waals surface area contributed by atoms with Crippen LogP contribution in [0.5, 0.6) is 0 Å². The molecule has 23 heavy (non-hydrogen) atoms. The predicted molar refractivity (Wildman–Crippen MR) is 82.4 cm³/mol. The van der Waals surface area contributed by atoms with Crippen molar-refractivity contribution in [3.63, 3.8) is 0 Å². The van der Waals surface area contributed by atoms with Crippen LogP contribution in [0.1, 0.15) is 20.7 Å². The first-order valence-electron chi connectivity index (χ1n) is 6.76. The number of hydrogen-bond donors (Lipinski definition) is 0. The number of fused-ring (bicyclic) bond motifs is 1. The van der Waals surface area contributed by atoms with Gasteiger partial charge in [0.05, 0.1) is 5.57 Å². The molecular weight excluding hydrogens is 290 g/mol. The lowest BCUT2D eigenvalue weighted by Crippen LogP contribution is -2.40. The van der Waals surface area contributed by atoms with Crippen LogP contribution in [0, 0.1) is 11.3 Å². The zero-order chi connectivity index (χ0) is 16.4. The van der Waals surface area contributed by atoms with Gasteiger partial charge >= 0.3 is 0 Å². The average Bonchev–Trinajstić information content (AvgIpc) is 2.61. The Hall–Kier alpha value is -3.61. The summed E-state index contributed by atoms with van der Waals surface area (Å²) >= 11 is 0. The van der Waals surface area contributed by atoms with Gasteiger partial charge in [0.15, 0.2) is 12.4 Å². The predicted octanol–water partition coefficient (Wildman–Crippen LogP) is 1.95. The lowest BCUT2D eigenvalue weighted by molar-refractivity contribution is -0.577. The highest BCUT2D eigenvalue weighted by molar-refractivity contribution is 6.37. The molecule has 0 radical (unpaired) electrons. The van der Waals surface area contributed by atoms with E-state index in [4.69, 9.17) is 0 Å². The molecule has 1 aliphatic carbocycles. The molecule has 3 rings (SSSR count). The summed E-state index contributed by atoms with van der Waals surface area (Å²) in [4.78, 5) is 25.6. The van der Waals surface area contributed by atoms with E-state index in [1.165, 1.54) is 10.6 Å². The van der Waals surface area contributed by atoms with Gasteiger partial charge in [-0.3, -0.25) is 9.59 Å². The SMILES string of the molecule is N#CC(=C=[N-])C1=C([n+]2ccccc2)C(=O)c2ccccc2C1=O. The van der Waals surface area contributed by atoms with Crippen molar-refractivity contribution in [2.75, 3.05) is 0 Å². The molecule has 1 heterocycles. The number of carbonyl (C=O) groups excluding carboxylic acids is 2. The third-order valence-corrected chi connectivity index (χ3v) is 3.54. The van der Waals surface area contributed by atoms with Crippen molar-refractivity contribution < 1.29 is 14.2 Å². The maximum Gasteiger partial charge on any atom is 0.272 e. The maximum absolute atomic E-state index is 12.8. The van der Waals surface area contributed by atoms with Crippen LogP contribution in [0.15, 0.2) is 66.0 Å². The first-order chi connectivity index (χ1) is 11.2. The minimum absolute atomic E-state index is 0.0207. The Morgan fingerprint density at radius 1 is 0.957 bits per heavy atom. The Morgan fingerprint density at radius 2 is 1.57 bits per heavy atom. The average molecular weight is 299 g/mol. The molecule has 1 aromatic carbocycles. The molecule has 5 heteroatoms. The van der Waals surface area contributed by atoms with E-state index in [2.05, 4.69) is 0 Å². The Balaban J connectivity index is 2.40. The van der Waals surface area contributed by atoms with Gasteiger partial charge in [-0.15, -0.1) is 0 Å². The van der Waals surface area contributed by atoms with E-state index in [-0.39, 0.29) is 28.0 Å². The summed E-state index contributed by atoms with van der Waals surface area (Å²) < 4.78 is 1.46. The lowest BCUT2D eigenvalue weighted by atomic mass is 9.84. The number of Topliss-reactive ketones (excluding diaryl/α,β-unsaturated/α-hetero) is 2. The van der Waals surface area contributed by atoms with E-state index >= 15 is 0 Å². The third kappa shape index (κ3) is 2.20. The second-order valence-electron chi connectivity index (χ2n) is 4.81. The molecule has 0 fully saturated rings. The van der Waals surface area contributed by atoms with Gasteiger partial charge in [0.1, 0.15) is 11.6 Å². The van der Waals surface area contributed by atoms with Crippen molar-refractivity contribution in [3.05, 3.63) is 82.5 Å². The molecule has 0 spiro atoms. The van der Waals surface area contributed by atoms with E-state index in [0.717, 1.165) is 0 Å². The number of carbonyl (C=O) groups is 2. The maximum atomic E-state index is 12.8. The van der Waals surface area contributed by atoms with Crippen molar-refractivity contribution in [2.45, 2.75) is 0 Å². The van der Waals surface area contributed by atoms with Crippen molar-refractivity contribution >= 4 is 23.1 Å². The molecule has 0 atom stereocenters. The Kier molecular flexibility index (Phi) is 3.52. The molecule has 2 aromatic rings. The van der Waals surface area contributed by atoms with Crippen LogP contribution in [-0.4, -0.2) is 17.4 Å². The fourth-order valence-electron chi connectivity index (χ4n) is 2.53. The number of aromatic nitrogens is 1. The number of hydrogen-bond acceptors (Lipinski definition) is 3. The van der Waals surface area contributed by atoms with Crippen LogP contribution < -0.4 is 4.57 Å². The minimum Gasteiger partial charge on any atom is -0.762 e. The molecular formula is C18H9N3O2. The molecule has 0 saturated heterocycles. The zero-order valence-electron chi connectivity index (χ0n) is 11.9. The molecule has 5 nitrogen and oxygen atoms in total. The smallest absolute Gasteiger partial charge is 0.272 e. The number of allylic oxidation sites excluding steroid dienone is 3. The first-order valence-corrected chi connectivity index (χ1v) is 6.76. The molecule has 0 saturated carbocycles. The Bertz CT molecular complexity index is 959. The van der Waals surface area contributed by atoms with E-state index in [1.54, 1.807) is 60.7 Å². The van der Waals surface area contributed by atoms with Crippen LogP contribution in [0.4, 0.5) is 0 Å². The van der Waals surface area contributed by atoms with Crippen LogP contribution in [0.25, 0.3) is 11.1 Å². The zero-order valence-corrected chi connectivity index (χ0v) is 11.9. The number of pyridine rings is 1. The number of nitrogens with zero attached hydrogens (tertiary/aromatic N) is 3. The molecule has 1 aliphatic rings. The summed E-state index contributed by atoms with van der Waals surface area (Å²) in [6, 6.07) is 13.3. The standard InChI is InChI=1S/C18H9N3O2/c19-10-12(11-20)15-16(21-8-4-1-5-9-21)18(23)14-7-3-2-6-13(14)17(15)22/h1-9H. The number of ketones is 2. The number of nitriles is 1. The monoisotopic (exact) mass is 299 g/mol. The third-order valence-electron chi connectivity index (χ3n) is 3.54. The van der Waals surface area contributed by atoms with Crippen LogP contribution in [-0.2, 0) is 0 Å². The Labute approximate surface area is 131 Å². The quantitative estimate of drug-likeness (QED) is 0.482. The summed E-state index contributed by atoms with van der Waals surface area (Å²) in [6.07, 6.45) is 3.20. The summed E-state index contributed by atoms with van der Waals surface area (Å²) in [6.45, 7) is 0. The highest BCUT2D eigenvalue weighted by atomic mass is 16.1. The first kappa shape index (κ1) is 14.3. The van der Waals surface area contributed by atoms with Gasteiger partial charge in [0.25, 0.3) is 11.5 Å². The van der Waals surface area contributed by atoms with Crippen LogP contribution in [0.2, 0.25) is 0 Å². The second-order valence-corrected chi connectivity index (χ2v) is 4.81. The molecule has 0 bridgehead atoms. The largest absolute Gasteiger partial charge is 0.762 e. The number of benzene rings is 1. The fourth-order valence-corrected chi connectivity index (χ4v) is 2.53. The molecule has 0 unspecified atom stereocenters. The van der Waals surface area contributed by atoms with Gasteiger partial charge in [-0.1, -0.05) is 30.3 Å². The van der Waals surface area contributed by atoms with E-state index in [1.807, 2.05) is 0 Å². The van der Waals surface area contributed by atoms with Crippen molar-refractivity contribution in [3.8, 4) is 6.07 Å². The van der Waals surface area contributed by atoms with E-state index < -0.39 is 11.6 Å². The highest BCUT2D eigenvalue weighted by Gasteiger charge is 2.39. The molecule has 108 valence electrons. The minimum atomic E-state index is -0.496. The second kappa shape index (κ2) is 5.64. The van der Waals surface area contributed by atoms with Crippen molar-refractivity contribution in [1.82, 2.24) is 0 Å². The van der Waals surface area contributed by atoms with E-state index in [9.17, 15) is 20.3 Å². The van der Waals surface area contributed by atoms with Gasteiger partial charge in [-0.2, -0.15) is 9.83 Å². The molecule has 0 aliphatic heterocycles. The topological polar surface area (TPSA) is 84.1 Å². The van der Waals surface area contributed by atoms with E-state index in [0.29, 0.717) is 0 Å². The fraction of sp³-hybridized carbons (Fsp3) is 0. The molecule has 0 N–H and O–H groups in total. The van der Waals surface area contributed by atoms with Crippen LogP contribution >= 0.6 is 0 Å². The lowest BCUT2D eigenvalue weighted by Gasteiger charge is -2.16. The van der Waals surface area contributed by atoms with Gasteiger partial charge in [0.2, 0.25) is 5.78 Å². The summed E-state index contributed by atoms with van der Waals surface area (Å²) in [7, 11) is 0. The van der Waals surface area contributed by atoms with Gasteiger partial charge in [-0.05, 0) is 0 Å². The van der Waals surface area contributed by atoms with Gasteiger partial charge in [0, 0.05) is 23.3 Å². The van der Waals surface area contributed by atoms with Gasteiger partial charge < -0.3 is 5.41 Å². The summed E-state index contributed by atoms with van der Waals surface area (Å²) in [5.74, 6) is 0.824. The normalized spacial score (nSPS) is 13.2. The van der Waals surface area contributed by atoms with Crippen LogP contribution in [0.3, 0.4) is 0 Å². The van der Waals surface area contributed by atoms with Crippen molar-refractivity contribution in [2.24, 2.45) is 0 Å². The summed E-state index contributed by atoms with van der Waals surface area (Å²) in [5, 5.41) is 18.4. The summed E-state index contributed by atoms with van der Waals surface area (Å²) in [5.41, 5.74) is -0.0369.